The molecule has 28 heavy (non-hydrogen) atoms. The van der Waals surface area contributed by atoms with Crippen LogP contribution in [0.5, 0.6) is 0 Å². The molecule has 0 radical (unpaired) electrons. The maximum absolute atomic E-state index is 12.5. The lowest BCUT2D eigenvalue weighted by molar-refractivity contribution is -0.123. The van der Waals surface area contributed by atoms with Gasteiger partial charge in [0.2, 0.25) is 5.91 Å². The first-order valence-electron chi connectivity index (χ1n) is 9.57. The van der Waals surface area contributed by atoms with Gasteiger partial charge in [0.15, 0.2) is 0 Å². The van der Waals surface area contributed by atoms with E-state index >= 15 is 0 Å². The van der Waals surface area contributed by atoms with Gasteiger partial charge in [0.05, 0.1) is 5.92 Å². The number of aryl methyl sites for hydroxylation is 1. The normalized spacial score (nSPS) is 17.2. The number of aromatic nitrogens is 1. The van der Waals surface area contributed by atoms with Crippen molar-refractivity contribution in [3.8, 4) is 11.1 Å². The van der Waals surface area contributed by atoms with Gasteiger partial charge in [-0.2, -0.15) is 0 Å². The standard InChI is InChI=1S/C21H27N5O2/c1-14-7-8-18(19(22)25-14)15-4-2-5-16(12-15)21(28)24-9-11-26-10-3-6-17(13-26)20(23)27/h2,4-5,7-8,12,17H,3,6,9-11,13H2,1H3,(H2,22,25)(H2,23,27)(H,24,28)/t17-/m1/s1. The molecule has 0 spiro atoms. The second-order valence-electron chi connectivity index (χ2n) is 7.26. The molecule has 2 amide bonds. The van der Waals surface area contributed by atoms with Gasteiger partial charge in [-0.1, -0.05) is 12.1 Å². The number of carbonyl (C=O) groups is 2. The van der Waals surface area contributed by atoms with Gasteiger partial charge in [-0.15, -0.1) is 0 Å². The Kier molecular flexibility index (Phi) is 6.26. The van der Waals surface area contributed by atoms with Crippen LogP contribution in [0, 0.1) is 12.8 Å². The minimum absolute atomic E-state index is 0.0882. The molecule has 148 valence electrons. The molecule has 0 bridgehead atoms. The van der Waals surface area contributed by atoms with Gasteiger partial charge < -0.3 is 21.7 Å². The Hall–Kier alpha value is -2.93. The molecule has 5 N–H and O–H groups in total. The summed E-state index contributed by atoms with van der Waals surface area (Å²) in [5.74, 6) is -0.0132. The Bertz CT molecular complexity index is 868. The van der Waals surface area contributed by atoms with Gasteiger partial charge in [-0.05, 0) is 56.1 Å². The summed E-state index contributed by atoms with van der Waals surface area (Å²) < 4.78 is 0. The predicted octanol–water partition coefficient (Wildman–Crippen LogP) is 1.57. The van der Waals surface area contributed by atoms with Crippen LogP contribution >= 0.6 is 0 Å². The molecule has 1 atom stereocenters. The van der Waals surface area contributed by atoms with Crippen molar-refractivity contribution in [2.24, 2.45) is 11.7 Å². The largest absolute Gasteiger partial charge is 0.383 e. The third-order valence-electron chi connectivity index (χ3n) is 5.12. The highest BCUT2D eigenvalue weighted by atomic mass is 16.2. The zero-order valence-electron chi connectivity index (χ0n) is 16.1. The summed E-state index contributed by atoms with van der Waals surface area (Å²) in [7, 11) is 0. The van der Waals surface area contributed by atoms with Gasteiger partial charge in [-0.3, -0.25) is 9.59 Å². The van der Waals surface area contributed by atoms with Crippen LogP contribution in [0.3, 0.4) is 0 Å². The zero-order valence-corrected chi connectivity index (χ0v) is 16.1. The number of primary amides is 1. The monoisotopic (exact) mass is 381 g/mol. The Morgan fingerprint density at radius 2 is 2.11 bits per heavy atom. The van der Waals surface area contributed by atoms with Crippen LogP contribution in [0.2, 0.25) is 0 Å². The summed E-state index contributed by atoms with van der Waals surface area (Å²) in [6.45, 7) is 4.69. The molecule has 1 saturated heterocycles. The molecule has 1 fully saturated rings. The first kappa shape index (κ1) is 19.8. The number of rotatable bonds is 6. The van der Waals surface area contributed by atoms with Crippen molar-refractivity contribution in [1.82, 2.24) is 15.2 Å². The quantitative estimate of drug-likeness (QED) is 0.703. The molecule has 0 aliphatic carbocycles. The summed E-state index contributed by atoms with van der Waals surface area (Å²) in [6, 6.07) is 11.2. The number of hydrogen-bond acceptors (Lipinski definition) is 5. The van der Waals surface area contributed by atoms with E-state index in [-0.39, 0.29) is 17.7 Å². The molecule has 3 rings (SSSR count). The van der Waals surface area contributed by atoms with Gasteiger partial charge in [0.1, 0.15) is 5.82 Å². The van der Waals surface area contributed by atoms with E-state index < -0.39 is 0 Å². The average Bonchev–Trinajstić information content (AvgIpc) is 2.68. The number of nitrogens with one attached hydrogen (secondary N) is 1. The highest BCUT2D eigenvalue weighted by molar-refractivity contribution is 5.95. The number of amides is 2. The third kappa shape index (κ3) is 4.86. The van der Waals surface area contributed by atoms with E-state index in [1.165, 1.54) is 0 Å². The fraction of sp³-hybridized carbons (Fsp3) is 0.381. The fourth-order valence-electron chi connectivity index (χ4n) is 3.57. The van der Waals surface area contributed by atoms with Crippen LogP contribution in [0.1, 0.15) is 28.9 Å². The minimum atomic E-state index is -0.240. The van der Waals surface area contributed by atoms with Gasteiger partial charge >= 0.3 is 0 Å². The lowest BCUT2D eigenvalue weighted by Gasteiger charge is -2.31. The number of nitrogens with two attached hydrogens (primary N) is 2. The first-order valence-corrected chi connectivity index (χ1v) is 9.57. The molecule has 1 aliphatic rings. The number of nitrogens with zero attached hydrogens (tertiary/aromatic N) is 2. The Morgan fingerprint density at radius 3 is 2.86 bits per heavy atom. The highest BCUT2D eigenvalue weighted by Gasteiger charge is 2.23. The van der Waals surface area contributed by atoms with Gasteiger partial charge in [0.25, 0.3) is 5.91 Å². The summed E-state index contributed by atoms with van der Waals surface area (Å²) in [6.07, 6.45) is 1.80. The summed E-state index contributed by atoms with van der Waals surface area (Å²) in [4.78, 5) is 30.4. The number of likely N-dealkylation sites (tertiary alicyclic amines) is 1. The number of anilines is 1. The number of carbonyl (C=O) groups excluding carboxylic acids is 2. The van der Waals surface area contributed by atoms with Crippen LogP contribution < -0.4 is 16.8 Å². The van der Waals surface area contributed by atoms with Crippen LogP contribution in [-0.2, 0) is 4.79 Å². The molecule has 1 aliphatic heterocycles. The number of hydrogen-bond donors (Lipinski definition) is 3. The topological polar surface area (TPSA) is 114 Å². The summed E-state index contributed by atoms with van der Waals surface area (Å²) in [5, 5.41) is 2.95. The van der Waals surface area contributed by atoms with Gasteiger partial charge in [0, 0.05) is 36.5 Å². The Balaban J connectivity index is 1.58. The number of nitrogen functional groups attached to an aromatic ring is 1. The molecule has 2 aromatic rings. The molecule has 0 unspecified atom stereocenters. The van der Waals surface area contributed by atoms with Crippen molar-refractivity contribution in [3.05, 3.63) is 47.7 Å². The lowest BCUT2D eigenvalue weighted by Crippen LogP contribution is -2.44. The van der Waals surface area contributed by atoms with E-state index in [0.29, 0.717) is 31.0 Å². The Labute approximate surface area is 165 Å². The number of pyridine rings is 1. The molecule has 0 saturated carbocycles. The van der Waals surface area contributed by atoms with Gasteiger partial charge in [-0.25, -0.2) is 4.98 Å². The van der Waals surface area contributed by atoms with E-state index in [1.54, 1.807) is 6.07 Å². The number of benzene rings is 1. The van der Waals surface area contributed by atoms with Crippen molar-refractivity contribution < 1.29 is 9.59 Å². The highest BCUT2D eigenvalue weighted by Crippen LogP contribution is 2.25. The van der Waals surface area contributed by atoms with Crippen LogP contribution in [-0.4, -0.2) is 47.9 Å². The van der Waals surface area contributed by atoms with Crippen molar-refractivity contribution in [2.75, 3.05) is 31.9 Å². The molecular weight excluding hydrogens is 354 g/mol. The van der Waals surface area contributed by atoms with E-state index in [2.05, 4.69) is 15.2 Å². The van der Waals surface area contributed by atoms with Crippen molar-refractivity contribution in [1.29, 1.82) is 0 Å². The molecule has 1 aromatic heterocycles. The summed E-state index contributed by atoms with van der Waals surface area (Å²) >= 11 is 0. The molecule has 2 heterocycles. The van der Waals surface area contributed by atoms with E-state index in [1.807, 2.05) is 37.3 Å². The van der Waals surface area contributed by atoms with Crippen LogP contribution in [0.15, 0.2) is 36.4 Å². The second kappa shape index (κ2) is 8.84. The molecule has 7 nitrogen and oxygen atoms in total. The molecule has 1 aromatic carbocycles. The minimum Gasteiger partial charge on any atom is -0.383 e. The maximum atomic E-state index is 12.5. The fourth-order valence-corrected chi connectivity index (χ4v) is 3.57. The first-order chi connectivity index (χ1) is 13.4. The van der Waals surface area contributed by atoms with E-state index in [9.17, 15) is 9.59 Å². The van der Waals surface area contributed by atoms with Crippen molar-refractivity contribution in [3.63, 3.8) is 0 Å². The zero-order chi connectivity index (χ0) is 20.1. The molecular formula is C21H27N5O2. The smallest absolute Gasteiger partial charge is 0.251 e. The number of piperidine rings is 1. The predicted molar refractivity (Wildman–Crippen MR) is 110 cm³/mol. The van der Waals surface area contributed by atoms with E-state index in [0.717, 1.165) is 36.2 Å². The second-order valence-corrected chi connectivity index (χ2v) is 7.26. The van der Waals surface area contributed by atoms with E-state index in [4.69, 9.17) is 11.5 Å². The third-order valence-corrected chi connectivity index (χ3v) is 5.12. The summed E-state index contributed by atoms with van der Waals surface area (Å²) in [5.41, 5.74) is 14.5. The van der Waals surface area contributed by atoms with Crippen molar-refractivity contribution in [2.45, 2.75) is 19.8 Å². The SMILES string of the molecule is Cc1ccc(-c2cccc(C(=O)NCCN3CCC[C@@H](C(N)=O)C3)c2)c(N)n1. The van der Waals surface area contributed by atoms with Crippen LogP contribution in [0.25, 0.3) is 11.1 Å². The molecule has 7 heteroatoms. The Morgan fingerprint density at radius 1 is 1.29 bits per heavy atom. The lowest BCUT2D eigenvalue weighted by atomic mass is 9.97. The average molecular weight is 381 g/mol. The van der Waals surface area contributed by atoms with Crippen molar-refractivity contribution >= 4 is 17.6 Å². The van der Waals surface area contributed by atoms with Crippen LogP contribution in [0.4, 0.5) is 5.82 Å². The maximum Gasteiger partial charge on any atom is 0.251 e.